The van der Waals surface area contributed by atoms with Gasteiger partial charge in [0, 0.05) is 36.3 Å². The van der Waals surface area contributed by atoms with Crippen molar-refractivity contribution in [1.29, 1.82) is 0 Å². The molecule has 0 amide bonds. The highest BCUT2D eigenvalue weighted by atomic mass is 19.4. The first kappa shape index (κ1) is 16.4. The summed E-state index contributed by atoms with van der Waals surface area (Å²) >= 11 is 0. The van der Waals surface area contributed by atoms with Crippen molar-refractivity contribution >= 4 is 5.82 Å². The van der Waals surface area contributed by atoms with Crippen LogP contribution in [0.1, 0.15) is 17.0 Å². The van der Waals surface area contributed by atoms with Crippen molar-refractivity contribution in [1.82, 2.24) is 19.7 Å². The third kappa shape index (κ3) is 3.10. The summed E-state index contributed by atoms with van der Waals surface area (Å²) in [6, 6.07) is 1.61. The van der Waals surface area contributed by atoms with Crippen molar-refractivity contribution in [2.24, 2.45) is 5.92 Å². The number of anilines is 1. The summed E-state index contributed by atoms with van der Waals surface area (Å²) in [5, 5.41) is 3.43. The van der Waals surface area contributed by atoms with Crippen molar-refractivity contribution in [3.05, 3.63) is 45.8 Å². The fourth-order valence-electron chi connectivity index (χ4n) is 2.68. The Bertz CT molecular complexity index is 811. The second-order valence-electron chi connectivity index (χ2n) is 5.92. The van der Waals surface area contributed by atoms with Gasteiger partial charge in [-0.3, -0.25) is 4.79 Å². The molecule has 24 heavy (non-hydrogen) atoms. The van der Waals surface area contributed by atoms with E-state index in [2.05, 4.69) is 15.1 Å². The van der Waals surface area contributed by atoms with Crippen molar-refractivity contribution in [2.45, 2.75) is 26.6 Å². The molecule has 0 spiro atoms. The minimum Gasteiger partial charge on any atom is -0.355 e. The van der Waals surface area contributed by atoms with Crippen LogP contribution in [0.3, 0.4) is 0 Å². The van der Waals surface area contributed by atoms with Gasteiger partial charge < -0.3 is 4.90 Å². The van der Waals surface area contributed by atoms with E-state index in [0.29, 0.717) is 19.2 Å². The SMILES string of the molecule is Cc1ncnc(N2CC(Cn3nc(C(F)(F)F)ccc3=O)C2)c1C. The van der Waals surface area contributed by atoms with E-state index < -0.39 is 17.4 Å². The lowest BCUT2D eigenvalue weighted by Gasteiger charge is -2.40. The molecule has 1 aliphatic rings. The summed E-state index contributed by atoms with van der Waals surface area (Å²) < 4.78 is 39.0. The third-order valence-electron chi connectivity index (χ3n) is 4.15. The van der Waals surface area contributed by atoms with Crippen molar-refractivity contribution in [2.75, 3.05) is 18.0 Å². The zero-order chi connectivity index (χ0) is 17.5. The number of nitrogens with zero attached hydrogens (tertiary/aromatic N) is 5. The Morgan fingerprint density at radius 1 is 1.21 bits per heavy atom. The van der Waals surface area contributed by atoms with Crippen LogP contribution in [0.4, 0.5) is 19.0 Å². The quantitative estimate of drug-likeness (QED) is 0.853. The van der Waals surface area contributed by atoms with Crippen molar-refractivity contribution in [3.63, 3.8) is 0 Å². The summed E-state index contributed by atoms with van der Waals surface area (Å²) in [4.78, 5) is 22.1. The zero-order valence-corrected chi connectivity index (χ0v) is 13.2. The van der Waals surface area contributed by atoms with E-state index in [-0.39, 0.29) is 12.5 Å². The number of halogens is 3. The summed E-state index contributed by atoms with van der Waals surface area (Å²) in [6.07, 6.45) is -3.07. The van der Waals surface area contributed by atoms with Crippen LogP contribution in [0.25, 0.3) is 0 Å². The minimum atomic E-state index is -4.56. The summed E-state index contributed by atoms with van der Waals surface area (Å²) in [6.45, 7) is 5.20. The molecule has 2 aromatic heterocycles. The first-order valence-electron chi connectivity index (χ1n) is 7.44. The van der Waals surface area contributed by atoms with Gasteiger partial charge >= 0.3 is 6.18 Å². The summed E-state index contributed by atoms with van der Waals surface area (Å²) in [7, 11) is 0. The fraction of sp³-hybridized carbons (Fsp3) is 0.467. The number of hydrogen-bond acceptors (Lipinski definition) is 5. The number of alkyl halides is 3. The lowest BCUT2D eigenvalue weighted by molar-refractivity contribution is -0.142. The maximum atomic E-state index is 12.7. The molecule has 0 saturated carbocycles. The first-order valence-corrected chi connectivity index (χ1v) is 7.44. The molecule has 0 atom stereocenters. The fourth-order valence-corrected chi connectivity index (χ4v) is 2.68. The van der Waals surface area contributed by atoms with E-state index in [1.807, 2.05) is 18.7 Å². The van der Waals surface area contributed by atoms with Gasteiger partial charge in [0.2, 0.25) is 0 Å². The van der Waals surface area contributed by atoms with Crippen LogP contribution >= 0.6 is 0 Å². The summed E-state index contributed by atoms with van der Waals surface area (Å²) in [5.41, 5.74) is 0.278. The molecular weight excluding hydrogens is 323 g/mol. The van der Waals surface area contributed by atoms with Gasteiger partial charge in [-0.15, -0.1) is 0 Å². The average Bonchev–Trinajstić information content (AvgIpc) is 2.46. The van der Waals surface area contributed by atoms with E-state index >= 15 is 0 Å². The molecule has 1 aliphatic heterocycles. The molecule has 6 nitrogen and oxygen atoms in total. The van der Waals surface area contributed by atoms with Crippen LogP contribution in [0.5, 0.6) is 0 Å². The molecular formula is C15H16F3N5O. The van der Waals surface area contributed by atoms with Crippen LogP contribution < -0.4 is 10.5 Å². The molecule has 2 aromatic rings. The molecule has 1 saturated heterocycles. The second kappa shape index (κ2) is 5.88. The normalized spacial score (nSPS) is 15.5. The molecule has 1 fully saturated rings. The molecule has 0 bridgehead atoms. The molecule has 0 radical (unpaired) electrons. The zero-order valence-electron chi connectivity index (χ0n) is 13.2. The molecule has 9 heteroatoms. The van der Waals surface area contributed by atoms with Gasteiger partial charge in [-0.1, -0.05) is 0 Å². The van der Waals surface area contributed by atoms with Gasteiger partial charge in [0.15, 0.2) is 5.69 Å². The lowest BCUT2D eigenvalue weighted by Crippen LogP contribution is -2.50. The van der Waals surface area contributed by atoms with Crippen LogP contribution in [0.15, 0.2) is 23.3 Å². The van der Waals surface area contributed by atoms with Crippen LogP contribution in [-0.4, -0.2) is 32.8 Å². The van der Waals surface area contributed by atoms with E-state index in [1.54, 1.807) is 0 Å². The van der Waals surface area contributed by atoms with Crippen molar-refractivity contribution < 1.29 is 13.2 Å². The minimum absolute atomic E-state index is 0.0494. The van der Waals surface area contributed by atoms with Gasteiger partial charge in [-0.05, 0) is 19.9 Å². The third-order valence-corrected chi connectivity index (χ3v) is 4.15. The highest BCUT2D eigenvalue weighted by molar-refractivity contribution is 5.49. The molecule has 0 unspecified atom stereocenters. The van der Waals surface area contributed by atoms with Gasteiger partial charge in [-0.25, -0.2) is 14.6 Å². The highest BCUT2D eigenvalue weighted by Gasteiger charge is 2.34. The molecule has 0 aliphatic carbocycles. The average molecular weight is 339 g/mol. The number of aromatic nitrogens is 4. The Labute approximate surface area is 136 Å². The monoisotopic (exact) mass is 339 g/mol. The van der Waals surface area contributed by atoms with Gasteiger partial charge in [0.1, 0.15) is 12.1 Å². The first-order chi connectivity index (χ1) is 11.3. The van der Waals surface area contributed by atoms with Crippen LogP contribution in [0, 0.1) is 19.8 Å². The van der Waals surface area contributed by atoms with Gasteiger partial charge in [0.05, 0.1) is 6.54 Å². The standard InChI is InChI=1S/C15H16F3N5O/c1-9-10(2)19-8-20-14(9)22-5-11(6-22)7-23-13(24)4-3-12(21-23)15(16,17)18/h3-4,8,11H,5-7H2,1-2H3. The topological polar surface area (TPSA) is 63.9 Å². The van der Waals surface area contributed by atoms with Gasteiger partial charge in [-0.2, -0.15) is 18.3 Å². The Balaban J connectivity index is 1.70. The van der Waals surface area contributed by atoms with E-state index in [1.165, 1.54) is 6.33 Å². The van der Waals surface area contributed by atoms with E-state index in [0.717, 1.165) is 27.8 Å². The van der Waals surface area contributed by atoms with E-state index in [9.17, 15) is 18.0 Å². The highest BCUT2D eigenvalue weighted by Crippen LogP contribution is 2.28. The number of rotatable bonds is 3. The molecule has 3 heterocycles. The Kier molecular flexibility index (Phi) is 4.02. The van der Waals surface area contributed by atoms with E-state index in [4.69, 9.17) is 0 Å². The molecule has 0 aromatic carbocycles. The predicted molar refractivity (Wildman–Crippen MR) is 80.7 cm³/mol. The Morgan fingerprint density at radius 2 is 1.92 bits per heavy atom. The van der Waals surface area contributed by atoms with Crippen LogP contribution in [-0.2, 0) is 12.7 Å². The van der Waals surface area contributed by atoms with Crippen molar-refractivity contribution in [3.8, 4) is 0 Å². The molecule has 128 valence electrons. The Hall–Kier alpha value is -2.45. The molecule has 3 rings (SSSR count). The number of aryl methyl sites for hydroxylation is 1. The Morgan fingerprint density at radius 3 is 2.58 bits per heavy atom. The maximum absolute atomic E-state index is 12.7. The predicted octanol–water partition coefficient (Wildman–Crippen LogP) is 1.81. The largest absolute Gasteiger partial charge is 0.435 e. The van der Waals surface area contributed by atoms with Crippen LogP contribution in [0.2, 0.25) is 0 Å². The maximum Gasteiger partial charge on any atom is 0.435 e. The second-order valence-corrected chi connectivity index (χ2v) is 5.92. The summed E-state index contributed by atoms with van der Waals surface area (Å²) in [5.74, 6) is 0.872. The number of hydrogen-bond donors (Lipinski definition) is 0. The molecule has 0 N–H and O–H groups in total. The lowest BCUT2D eigenvalue weighted by atomic mass is 9.99. The smallest absolute Gasteiger partial charge is 0.355 e. The van der Waals surface area contributed by atoms with Gasteiger partial charge in [0.25, 0.3) is 5.56 Å².